The molecule has 0 radical (unpaired) electrons. The van der Waals surface area contributed by atoms with Crippen LogP contribution in [0.3, 0.4) is 0 Å². The van der Waals surface area contributed by atoms with E-state index in [1.165, 1.54) is 16.0 Å². The van der Waals surface area contributed by atoms with Crippen LogP contribution in [-0.4, -0.2) is 38.2 Å². The number of carbonyl (C=O) groups excluding carboxylic acids is 1. The zero-order valence-electron chi connectivity index (χ0n) is 19.2. The predicted molar refractivity (Wildman–Crippen MR) is 130 cm³/mol. The Bertz CT molecular complexity index is 1450. The molecule has 1 unspecified atom stereocenters. The topological polar surface area (TPSA) is 102 Å². The predicted octanol–water partition coefficient (Wildman–Crippen LogP) is 4.37. The third-order valence-corrected chi connectivity index (χ3v) is 7.42. The van der Waals surface area contributed by atoms with Crippen LogP contribution in [0.5, 0.6) is 0 Å². The molecular formula is C27H26N4O3. The number of aromatic nitrogens is 3. The van der Waals surface area contributed by atoms with Crippen LogP contribution in [0.25, 0.3) is 22.3 Å². The Morgan fingerprint density at radius 2 is 1.97 bits per heavy atom. The molecule has 0 spiro atoms. The number of carbonyl (C=O) groups is 2. The monoisotopic (exact) mass is 454 g/mol. The maximum absolute atomic E-state index is 13.6. The van der Waals surface area contributed by atoms with E-state index in [9.17, 15) is 14.7 Å². The number of rotatable bonds is 4. The van der Waals surface area contributed by atoms with Gasteiger partial charge in [0.05, 0.1) is 23.0 Å². The van der Waals surface area contributed by atoms with Gasteiger partial charge < -0.3 is 10.1 Å². The molecule has 0 saturated heterocycles. The van der Waals surface area contributed by atoms with Gasteiger partial charge in [-0.2, -0.15) is 5.10 Å². The number of carboxylic acids is 1. The van der Waals surface area contributed by atoms with Crippen molar-refractivity contribution in [2.75, 3.05) is 4.90 Å². The standard InChI is InChI=1S/C27H26N4O3/c1-27(2)19-13-20-18(17-10-6-9-16-14-28-30-23(16)24(17)29-20)12-21(19)31(26(27)34)22(25(32)33)11-15-7-4-3-5-8-15/h3-5,7-8,12-14,22,29H,6,9-11H2,1-2H3,(H,28,30)(H,32,33). The number of hydrogen-bond acceptors (Lipinski definition) is 3. The highest BCUT2D eigenvalue weighted by molar-refractivity contribution is 6.13. The minimum atomic E-state index is -1.00. The molecule has 1 aliphatic heterocycles. The smallest absolute Gasteiger partial charge is 0.327 e. The van der Waals surface area contributed by atoms with Crippen LogP contribution in [0, 0.1) is 0 Å². The summed E-state index contributed by atoms with van der Waals surface area (Å²) in [6, 6.07) is 12.6. The van der Waals surface area contributed by atoms with Gasteiger partial charge in [-0.15, -0.1) is 0 Å². The van der Waals surface area contributed by atoms with Gasteiger partial charge in [0.15, 0.2) is 0 Å². The average Bonchev–Trinajstić information content (AvgIpc) is 3.43. The van der Waals surface area contributed by atoms with Crippen LogP contribution in [0.1, 0.15) is 42.5 Å². The van der Waals surface area contributed by atoms with Gasteiger partial charge in [-0.25, -0.2) is 4.79 Å². The van der Waals surface area contributed by atoms with E-state index < -0.39 is 17.4 Å². The summed E-state index contributed by atoms with van der Waals surface area (Å²) in [7, 11) is 0. The van der Waals surface area contributed by atoms with Crippen molar-refractivity contribution in [3.63, 3.8) is 0 Å². The van der Waals surface area contributed by atoms with Crippen molar-refractivity contribution >= 4 is 28.5 Å². The van der Waals surface area contributed by atoms with Gasteiger partial charge in [0.1, 0.15) is 6.04 Å². The van der Waals surface area contributed by atoms with E-state index in [0.717, 1.165) is 52.7 Å². The number of anilines is 1. The van der Waals surface area contributed by atoms with E-state index in [4.69, 9.17) is 0 Å². The first-order chi connectivity index (χ1) is 16.4. The summed E-state index contributed by atoms with van der Waals surface area (Å²) in [5.41, 5.74) is 7.02. The normalized spacial score (nSPS) is 17.2. The summed E-state index contributed by atoms with van der Waals surface area (Å²) in [4.78, 5) is 31.2. The summed E-state index contributed by atoms with van der Waals surface area (Å²) in [6.07, 6.45) is 5.00. The van der Waals surface area contributed by atoms with E-state index in [1.807, 2.05) is 62.5 Å². The lowest BCUT2D eigenvalue weighted by Crippen LogP contribution is -2.48. The highest BCUT2D eigenvalue weighted by Crippen LogP contribution is 2.47. The Morgan fingerprint density at radius 1 is 1.18 bits per heavy atom. The average molecular weight is 455 g/mol. The second kappa shape index (κ2) is 7.32. The van der Waals surface area contributed by atoms with Crippen LogP contribution in [0.15, 0.2) is 48.7 Å². The van der Waals surface area contributed by atoms with Gasteiger partial charge in [-0.1, -0.05) is 30.3 Å². The maximum Gasteiger partial charge on any atom is 0.327 e. The van der Waals surface area contributed by atoms with E-state index in [1.54, 1.807) is 0 Å². The Morgan fingerprint density at radius 3 is 2.74 bits per heavy atom. The van der Waals surface area contributed by atoms with Gasteiger partial charge in [-0.3, -0.25) is 14.8 Å². The van der Waals surface area contributed by atoms with Crippen molar-refractivity contribution in [1.82, 2.24) is 15.2 Å². The minimum Gasteiger partial charge on any atom is -0.480 e. The Balaban J connectivity index is 1.53. The molecule has 7 heteroatoms. The van der Waals surface area contributed by atoms with Gasteiger partial charge in [-0.05, 0) is 67.5 Å². The number of H-pyrrole nitrogens is 2. The lowest BCUT2D eigenvalue weighted by molar-refractivity contribution is -0.140. The van der Waals surface area contributed by atoms with E-state index in [0.29, 0.717) is 5.69 Å². The number of amides is 1. The Labute approximate surface area is 196 Å². The van der Waals surface area contributed by atoms with E-state index >= 15 is 0 Å². The largest absolute Gasteiger partial charge is 0.480 e. The highest BCUT2D eigenvalue weighted by Gasteiger charge is 2.48. The SMILES string of the molecule is CC1(C)C(=O)N(C(Cc2ccccc2)C(=O)O)c2cc3c4c([nH]c3cc21)-c1[nH]ncc1CCC4. The Kier molecular flexibility index (Phi) is 4.46. The zero-order valence-corrected chi connectivity index (χ0v) is 19.2. The molecule has 0 bridgehead atoms. The fourth-order valence-corrected chi connectivity index (χ4v) is 5.59. The molecule has 4 aromatic rings. The van der Waals surface area contributed by atoms with Crippen LogP contribution in [0.2, 0.25) is 0 Å². The first kappa shape index (κ1) is 20.7. The molecule has 3 heterocycles. The number of aryl methyl sites for hydroxylation is 2. The molecule has 2 aliphatic rings. The molecule has 3 N–H and O–H groups in total. The molecule has 7 nitrogen and oxygen atoms in total. The zero-order chi connectivity index (χ0) is 23.6. The molecule has 1 atom stereocenters. The van der Waals surface area contributed by atoms with Crippen LogP contribution in [0.4, 0.5) is 5.69 Å². The van der Waals surface area contributed by atoms with Crippen LogP contribution < -0.4 is 4.90 Å². The van der Waals surface area contributed by atoms with Crippen molar-refractivity contribution in [2.45, 2.75) is 51.0 Å². The van der Waals surface area contributed by atoms with Crippen molar-refractivity contribution in [2.24, 2.45) is 0 Å². The third kappa shape index (κ3) is 2.93. The van der Waals surface area contributed by atoms with Crippen molar-refractivity contribution < 1.29 is 14.7 Å². The number of fused-ring (bicyclic) bond motifs is 6. The number of aromatic amines is 2. The van der Waals surface area contributed by atoms with Crippen molar-refractivity contribution in [1.29, 1.82) is 0 Å². The minimum absolute atomic E-state index is 0.180. The number of aliphatic carboxylic acids is 1. The fraction of sp³-hybridized carbons (Fsp3) is 0.296. The molecule has 34 heavy (non-hydrogen) atoms. The van der Waals surface area contributed by atoms with Gasteiger partial charge in [0, 0.05) is 23.0 Å². The van der Waals surface area contributed by atoms with E-state index in [-0.39, 0.29) is 12.3 Å². The summed E-state index contributed by atoms with van der Waals surface area (Å²) in [5, 5.41) is 18.6. The third-order valence-electron chi connectivity index (χ3n) is 7.42. The first-order valence-electron chi connectivity index (χ1n) is 11.7. The quantitative estimate of drug-likeness (QED) is 0.426. The second-order valence-electron chi connectivity index (χ2n) is 9.86. The summed E-state index contributed by atoms with van der Waals surface area (Å²) in [6.45, 7) is 3.75. The lowest BCUT2D eigenvalue weighted by Gasteiger charge is -2.27. The number of hydrogen-bond donors (Lipinski definition) is 3. The molecular weight excluding hydrogens is 428 g/mol. The Hall–Kier alpha value is -3.87. The van der Waals surface area contributed by atoms with E-state index in [2.05, 4.69) is 15.2 Å². The van der Waals surface area contributed by atoms with Gasteiger partial charge in [0.2, 0.25) is 5.91 Å². The summed E-state index contributed by atoms with van der Waals surface area (Å²) < 4.78 is 0. The molecule has 1 amide bonds. The molecule has 2 aromatic carbocycles. The number of carboxylic acid groups (broad SMARTS) is 1. The number of nitrogens with zero attached hydrogens (tertiary/aromatic N) is 2. The fourth-order valence-electron chi connectivity index (χ4n) is 5.59. The summed E-state index contributed by atoms with van der Waals surface area (Å²) >= 11 is 0. The maximum atomic E-state index is 13.6. The van der Waals surface area contributed by atoms with Gasteiger partial charge >= 0.3 is 5.97 Å². The molecule has 2 aromatic heterocycles. The molecule has 0 saturated carbocycles. The van der Waals surface area contributed by atoms with Crippen molar-refractivity contribution in [3.8, 4) is 11.4 Å². The number of benzene rings is 2. The van der Waals surface area contributed by atoms with Crippen molar-refractivity contribution in [3.05, 3.63) is 70.9 Å². The molecule has 6 rings (SSSR count). The lowest BCUT2D eigenvalue weighted by atomic mass is 9.85. The first-order valence-corrected chi connectivity index (χ1v) is 11.7. The van der Waals surface area contributed by atoms with Crippen LogP contribution >= 0.6 is 0 Å². The molecule has 0 fully saturated rings. The number of nitrogens with one attached hydrogen (secondary N) is 2. The van der Waals surface area contributed by atoms with Gasteiger partial charge in [0.25, 0.3) is 0 Å². The second-order valence-corrected chi connectivity index (χ2v) is 9.86. The molecule has 172 valence electrons. The highest BCUT2D eigenvalue weighted by atomic mass is 16.4. The summed E-state index contributed by atoms with van der Waals surface area (Å²) in [5.74, 6) is -1.18. The molecule has 1 aliphatic carbocycles. The van der Waals surface area contributed by atoms with Crippen LogP contribution in [-0.2, 0) is 34.3 Å².